The Morgan fingerprint density at radius 1 is 0.955 bits per heavy atom. The summed E-state index contributed by atoms with van der Waals surface area (Å²) in [6.45, 7) is 19.7. The first-order valence-electron chi connectivity index (χ1n) is 8.41. The van der Waals surface area contributed by atoms with E-state index in [0.29, 0.717) is 5.41 Å². The van der Waals surface area contributed by atoms with Crippen molar-refractivity contribution in [3.8, 4) is 0 Å². The smallest absolute Gasteiger partial charge is 0.240 e. The van der Waals surface area contributed by atoms with Gasteiger partial charge in [-0.25, -0.2) is 0 Å². The molecule has 0 amide bonds. The normalized spacial score (nSPS) is 18.8. The van der Waals surface area contributed by atoms with Crippen LogP contribution in [-0.4, -0.2) is 52.7 Å². The van der Waals surface area contributed by atoms with Gasteiger partial charge in [0.05, 0.1) is 6.54 Å². The Hall–Kier alpha value is -0.940. The summed E-state index contributed by atoms with van der Waals surface area (Å²) in [7, 11) is 0. The first-order chi connectivity index (χ1) is 10.1. The van der Waals surface area contributed by atoms with Gasteiger partial charge in [-0.05, 0) is 18.4 Å². The van der Waals surface area contributed by atoms with E-state index in [9.17, 15) is 0 Å². The van der Waals surface area contributed by atoms with Gasteiger partial charge >= 0.3 is 0 Å². The monoisotopic (exact) mass is 308 g/mol. The second-order valence-electron chi connectivity index (χ2n) is 8.69. The first-order valence-corrected chi connectivity index (χ1v) is 8.41. The molecule has 0 spiro atoms. The molecule has 0 bridgehead atoms. The Kier molecular flexibility index (Phi) is 5.28. The van der Waals surface area contributed by atoms with Crippen LogP contribution in [0.2, 0.25) is 0 Å². The number of hydrogen-bond donors (Lipinski definition) is 0. The minimum Gasteiger partial charge on any atom is -0.338 e. The Balaban J connectivity index is 1.77. The van der Waals surface area contributed by atoms with Crippen LogP contribution in [0.25, 0.3) is 0 Å². The van der Waals surface area contributed by atoms with Crippen LogP contribution in [0.3, 0.4) is 0 Å². The lowest BCUT2D eigenvalue weighted by atomic mass is 9.92. The fourth-order valence-electron chi connectivity index (χ4n) is 2.48. The first kappa shape index (κ1) is 17.4. The molecule has 0 radical (unpaired) electrons. The molecular weight excluding hydrogens is 276 g/mol. The summed E-state index contributed by atoms with van der Waals surface area (Å²) >= 11 is 0. The minimum absolute atomic E-state index is 0.0482. The van der Waals surface area contributed by atoms with E-state index >= 15 is 0 Å². The molecule has 22 heavy (non-hydrogen) atoms. The van der Waals surface area contributed by atoms with Crippen LogP contribution >= 0.6 is 0 Å². The van der Waals surface area contributed by atoms with Gasteiger partial charge in [-0.3, -0.25) is 4.90 Å². The summed E-state index contributed by atoms with van der Waals surface area (Å²) in [4.78, 5) is 9.51. The molecule has 0 N–H and O–H groups in total. The quantitative estimate of drug-likeness (QED) is 0.856. The van der Waals surface area contributed by atoms with E-state index in [1.165, 1.54) is 13.0 Å². The summed E-state index contributed by atoms with van der Waals surface area (Å²) in [5.41, 5.74) is 0.373. The van der Waals surface area contributed by atoms with Gasteiger partial charge < -0.3 is 9.42 Å². The standard InChI is InChI=1S/C17H32N4O/c1-16(2,3)7-8-20-9-11-21(12-10-20)13-14-18-15(19-22-14)17(4,5)6/h7-13H2,1-6H3. The number of aromatic nitrogens is 2. The maximum Gasteiger partial charge on any atom is 0.240 e. The zero-order chi connectivity index (χ0) is 16.4. The predicted molar refractivity (Wildman–Crippen MR) is 88.8 cm³/mol. The molecule has 0 saturated carbocycles. The molecule has 0 unspecified atom stereocenters. The zero-order valence-corrected chi connectivity index (χ0v) is 15.1. The number of hydrogen-bond acceptors (Lipinski definition) is 5. The van der Waals surface area contributed by atoms with Crippen molar-refractivity contribution in [1.29, 1.82) is 0 Å². The predicted octanol–water partition coefficient (Wildman–Crippen LogP) is 2.92. The average molecular weight is 308 g/mol. The molecule has 1 aliphatic rings. The molecule has 1 aromatic rings. The third kappa shape index (κ3) is 5.36. The lowest BCUT2D eigenvalue weighted by Crippen LogP contribution is -2.46. The SMILES string of the molecule is CC(C)(C)CCN1CCN(Cc2nc(C(C)(C)C)no2)CC1. The summed E-state index contributed by atoms with van der Waals surface area (Å²) in [6, 6.07) is 0. The Morgan fingerprint density at radius 2 is 1.55 bits per heavy atom. The van der Waals surface area contributed by atoms with Crippen molar-refractivity contribution in [2.45, 2.75) is 59.9 Å². The maximum absolute atomic E-state index is 5.40. The molecule has 126 valence electrons. The molecule has 2 heterocycles. The number of rotatable bonds is 4. The largest absolute Gasteiger partial charge is 0.338 e. The van der Waals surface area contributed by atoms with Gasteiger partial charge in [0.15, 0.2) is 5.82 Å². The Bertz CT molecular complexity index is 462. The van der Waals surface area contributed by atoms with E-state index in [2.05, 4.69) is 61.5 Å². The highest BCUT2D eigenvalue weighted by molar-refractivity contribution is 5.00. The summed E-state index contributed by atoms with van der Waals surface area (Å²) < 4.78 is 5.40. The van der Waals surface area contributed by atoms with Gasteiger partial charge in [0.1, 0.15) is 0 Å². The second kappa shape index (κ2) is 6.67. The molecule has 1 aliphatic heterocycles. The van der Waals surface area contributed by atoms with Gasteiger partial charge in [0.25, 0.3) is 0 Å². The maximum atomic E-state index is 5.40. The Labute approximate surface area is 135 Å². The fraction of sp³-hybridized carbons (Fsp3) is 0.882. The summed E-state index contributed by atoms with van der Waals surface area (Å²) in [5.74, 6) is 1.54. The van der Waals surface area contributed by atoms with Crippen LogP contribution in [0.5, 0.6) is 0 Å². The van der Waals surface area contributed by atoms with Crippen LogP contribution in [-0.2, 0) is 12.0 Å². The van der Waals surface area contributed by atoms with E-state index in [-0.39, 0.29) is 5.41 Å². The molecule has 1 aromatic heterocycles. The number of nitrogens with zero attached hydrogens (tertiary/aromatic N) is 4. The highest BCUT2D eigenvalue weighted by Crippen LogP contribution is 2.20. The molecule has 2 rings (SSSR count). The van der Waals surface area contributed by atoms with Gasteiger partial charge in [-0.2, -0.15) is 4.98 Å². The molecule has 1 fully saturated rings. The van der Waals surface area contributed by atoms with Crippen molar-refractivity contribution >= 4 is 0 Å². The second-order valence-corrected chi connectivity index (χ2v) is 8.69. The van der Waals surface area contributed by atoms with Crippen molar-refractivity contribution in [3.63, 3.8) is 0 Å². The molecule has 0 aromatic carbocycles. The van der Waals surface area contributed by atoms with Crippen LogP contribution in [0, 0.1) is 5.41 Å². The summed E-state index contributed by atoms with van der Waals surface area (Å²) in [5, 5.41) is 4.10. The Morgan fingerprint density at radius 3 is 2.05 bits per heavy atom. The third-order valence-electron chi connectivity index (χ3n) is 4.14. The molecule has 5 nitrogen and oxygen atoms in total. The van der Waals surface area contributed by atoms with Crippen LogP contribution < -0.4 is 0 Å². The van der Waals surface area contributed by atoms with Gasteiger partial charge in [-0.1, -0.05) is 46.7 Å². The lowest BCUT2D eigenvalue weighted by molar-refractivity contribution is 0.108. The number of piperazine rings is 1. The highest BCUT2D eigenvalue weighted by Gasteiger charge is 2.23. The van der Waals surface area contributed by atoms with Crippen molar-refractivity contribution < 1.29 is 4.52 Å². The zero-order valence-electron chi connectivity index (χ0n) is 15.1. The van der Waals surface area contributed by atoms with E-state index in [4.69, 9.17) is 4.52 Å². The van der Waals surface area contributed by atoms with Crippen LogP contribution in [0.4, 0.5) is 0 Å². The molecule has 0 atom stereocenters. The topological polar surface area (TPSA) is 45.4 Å². The molecule has 0 aliphatic carbocycles. The fourth-order valence-corrected chi connectivity index (χ4v) is 2.48. The third-order valence-corrected chi connectivity index (χ3v) is 4.14. The van der Waals surface area contributed by atoms with E-state index in [1.807, 2.05) is 0 Å². The molecule has 1 saturated heterocycles. The van der Waals surface area contributed by atoms with Crippen molar-refractivity contribution in [2.75, 3.05) is 32.7 Å². The van der Waals surface area contributed by atoms with Crippen molar-refractivity contribution in [1.82, 2.24) is 19.9 Å². The van der Waals surface area contributed by atoms with Gasteiger partial charge in [-0.15, -0.1) is 0 Å². The molecular formula is C17H32N4O. The van der Waals surface area contributed by atoms with Crippen molar-refractivity contribution in [3.05, 3.63) is 11.7 Å². The average Bonchev–Trinajstić information content (AvgIpc) is 2.85. The van der Waals surface area contributed by atoms with E-state index in [0.717, 1.165) is 44.4 Å². The van der Waals surface area contributed by atoms with Crippen LogP contribution in [0.1, 0.15) is 59.7 Å². The van der Waals surface area contributed by atoms with E-state index < -0.39 is 0 Å². The van der Waals surface area contributed by atoms with E-state index in [1.54, 1.807) is 0 Å². The highest BCUT2D eigenvalue weighted by atomic mass is 16.5. The minimum atomic E-state index is -0.0482. The van der Waals surface area contributed by atoms with Gasteiger partial charge in [0, 0.05) is 31.6 Å². The molecule has 5 heteroatoms. The van der Waals surface area contributed by atoms with Gasteiger partial charge in [0.2, 0.25) is 5.89 Å². The lowest BCUT2D eigenvalue weighted by Gasteiger charge is -2.35. The summed E-state index contributed by atoms with van der Waals surface area (Å²) in [6.07, 6.45) is 1.26. The van der Waals surface area contributed by atoms with Crippen molar-refractivity contribution in [2.24, 2.45) is 5.41 Å². The van der Waals surface area contributed by atoms with Crippen LogP contribution in [0.15, 0.2) is 4.52 Å².